The molecule has 0 aliphatic rings. The molecule has 0 aliphatic heterocycles. The van der Waals surface area contributed by atoms with Gasteiger partial charge in [-0.3, -0.25) is 9.48 Å². The van der Waals surface area contributed by atoms with Gasteiger partial charge < -0.3 is 15.8 Å². The minimum absolute atomic E-state index is 0.00408. The van der Waals surface area contributed by atoms with Gasteiger partial charge in [0.1, 0.15) is 6.54 Å². The normalized spacial score (nSPS) is 10.6. The van der Waals surface area contributed by atoms with Crippen LogP contribution in [0.4, 0.5) is 11.4 Å². The maximum Gasteiger partial charge on any atom is 0.340 e. The molecule has 0 bridgehead atoms. The molecule has 1 heterocycles. The molecule has 0 unspecified atom stereocenters. The molecule has 3 rings (SSSR count). The number of aromatic nitrogens is 2. The summed E-state index contributed by atoms with van der Waals surface area (Å²) in [7, 11) is 0. The Morgan fingerprint density at radius 1 is 1.24 bits per heavy atom. The molecule has 3 N–H and O–H groups in total. The van der Waals surface area contributed by atoms with Gasteiger partial charge in [-0.2, -0.15) is 5.10 Å². The monoisotopic (exact) mass is 338 g/mol. The average Bonchev–Trinajstić information content (AvgIpc) is 2.97. The summed E-state index contributed by atoms with van der Waals surface area (Å²) < 4.78 is 6.57. The molecule has 0 aliphatic carbocycles. The Kier molecular flexibility index (Phi) is 4.65. The van der Waals surface area contributed by atoms with E-state index in [1.165, 1.54) is 0 Å². The van der Waals surface area contributed by atoms with Crippen LogP contribution < -0.4 is 11.1 Å². The topological polar surface area (TPSA) is 99.2 Å². The number of hydrogen-bond acceptors (Lipinski definition) is 5. The van der Waals surface area contributed by atoms with Crippen LogP contribution in [0.25, 0.3) is 10.9 Å². The van der Waals surface area contributed by atoms with Crippen molar-refractivity contribution in [1.29, 1.82) is 0 Å². The van der Waals surface area contributed by atoms with Crippen LogP contribution in [0.2, 0.25) is 0 Å². The van der Waals surface area contributed by atoms with Gasteiger partial charge >= 0.3 is 5.97 Å². The van der Waals surface area contributed by atoms with Gasteiger partial charge in [-0.15, -0.1) is 0 Å². The SMILES string of the molecule is CCOC(=O)c1ccccc1NC(=O)Cn1ncc2ccc(N)cc21. The lowest BCUT2D eigenvalue weighted by Crippen LogP contribution is -2.21. The summed E-state index contributed by atoms with van der Waals surface area (Å²) in [6.45, 7) is 2.00. The van der Waals surface area contributed by atoms with Crippen LogP contribution in [0.5, 0.6) is 0 Å². The van der Waals surface area contributed by atoms with E-state index in [1.54, 1.807) is 54.2 Å². The van der Waals surface area contributed by atoms with Gasteiger partial charge in [0, 0.05) is 11.1 Å². The van der Waals surface area contributed by atoms with Crippen LogP contribution in [-0.2, 0) is 16.1 Å². The fourth-order valence-electron chi connectivity index (χ4n) is 2.52. The number of nitrogens with two attached hydrogens (primary N) is 1. The molecule has 0 radical (unpaired) electrons. The highest BCUT2D eigenvalue weighted by Gasteiger charge is 2.15. The quantitative estimate of drug-likeness (QED) is 0.550. The number of fused-ring (bicyclic) bond motifs is 1. The van der Waals surface area contributed by atoms with Gasteiger partial charge in [0.05, 0.1) is 29.6 Å². The molecule has 2 aromatic carbocycles. The van der Waals surface area contributed by atoms with Crippen LogP contribution in [0.15, 0.2) is 48.7 Å². The lowest BCUT2D eigenvalue weighted by molar-refractivity contribution is -0.116. The third-order valence-electron chi connectivity index (χ3n) is 3.66. The number of nitrogens with one attached hydrogen (secondary N) is 1. The number of carbonyl (C=O) groups is 2. The summed E-state index contributed by atoms with van der Waals surface area (Å²) in [4.78, 5) is 24.4. The molecule has 1 aromatic heterocycles. The zero-order valence-corrected chi connectivity index (χ0v) is 13.7. The first-order valence-corrected chi connectivity index (χ1v) is 7.85. The zero-order valence-electron chi connectivity index (χ0n) is 13.7. The number of esters is 1. The van der Waals surface area contributed by atoms with E-state index in [-0.39, 0.29) is 19.1 Å². The van der Waals surface area contributed by atoms with Crippen molar-refractivity contribution in [2.45, 2.75) is 13.5 Å². The predicted octanol–water partition coefficient (Wildman–Crippen LogP) is 2.43. The Morgan fingerprint density at radius 2 is 2.04 bits per heavy atom. The first kappa shape index (κ1) is 16.5. The van der Waals surface area contributed by atoms with E-state index in [1.807, 2.05) is 6.07 Å². The Hall–Kier alpha value is -3.35. The molecule has 0 fully saturated rings. The smallest absolute Gasteiger partial charge is 0.340 e. The third-order valence-corrected chi connectivity index (χ3v) is 3.66. The molecule has 0 atom stereocenters. The minimum Gasteiger partial charge on any atom is -0.462 e. The van der Waals surface area contributed by atoms with Gasteiger partial charge in [0.25, 0.3) is 0 Å². The van der Waals surface area contributed by atoms with Crippen LogP contribution in [-0.4, -0.2) is 28.3 Å². The van der Waals surface area contributed by atoms with Crippen LogP contribution in [0.3, 0.4) is 0 Å². The first-order chi connectivity index (χ1) is 12.1. The minimum atomic E-state index is -0.476. The Bertz CT molecular complexity index is 933. The Balaban J connectivity index is 1.79. The highest BCUT2D eigenvalue weighted by molar-refractivity contribution is 6.01. The van der Waals surface area contributed by atoms with E-state index < -0.39 is 5.97 Å². The summed E-state index contributed by atoms with van der Waals surface area (Å²) in [6.07, 6.45) is 1.68. The molecular weight excluding hydrogens is 320 g/mol. The molecule has 128 valence electrons. The summed E-state index contributed by atoms with van der Waals surface area (Å²) in [5, 5.41) is 7.85. The molecule has 1 amide bonds. The summed E-state index contributed by atoms with van der Waals surface area (Å²) in [6, 6.07) is 12.1. The molecule has 7 nitrogen and oxygen atoms in total. The number of ether oxygens (including phenoxy) is 1. The fourth-order valence-corrected chi connectivity index (χ4v) is 2.52. The lowest BCUT2D eigenvalue weighted by atomic mass is 10.2. The molecule has 3 aromatic rings. The second kappa shape index (κ2) is 7.04. The Morgan fingerprint density at radius 3 is 2.84 bits per heavy atom. The number of para-hydroxylation sites is 1. The van der Waals surface area contributed by atoms with Crippen molar-refractivity contribution in [2.75, 3.05) is 17.7 Å². The second-order valence-corrected chi connectivity index (χ2v) is 5.43. The van der Waals surface area contributed by atoms with E-state index in [0.29, 0.717) is 16.9 Å². The maximum absolute atomic E-state index is 12.4. The summed E-state index contributed by atoms with van der Waals surface area (Å²) in [5.74, 6) is -0.778. The van der Waals surface area contributed by atoms with Gasteiger partial charge in [-0.05, 0) is 37.3 Å². The van der Waals surface area contributed by atoms with Gasteiger partial charge in [0.15, 0.2) is 0 Å². The van der Waals surface area contributed by atoms with Crippen molar-refractivity contribution < 1.29 is 14.3 Å². The van der Waals surface area contributed by atoms with Gasteiger partial charge in [-0.25, -0.2) is 4.79 Å². The number of rotatable bonds is 5. The predicted molar refractivity (Wildman–Crippen MR) is 95.2 cm³/mol. The summed E-state index contributed by atoms with van der Waals surface area (Å²) >= 11 is 0. The molecule has 0 saturated carbocycles. The largest absolute Gasteiger partial charge is 0.462 e. The van der Waals surface area contributed by atoms with Crippen molar-refractivity contribution in [1.82, 2.24) is 9.78 Å². The van der Waals surface area contributed by atoms with E-state index in [0.717, 1.165) is 10.9 Å². The summed E-state index contributed by atoms with van der Waals surface area (Å²) in [5.41, 5.74) is 7.88. The first-order valence-electron chi connectivity index (χ1n) is 7.85. The molecule has 25 heavy (non-hydrogen) atoms. The molecule has 0 spiro atoms. The number of anilines is 2. The van der Waals surface area contributed by atoms with Crippen LogP contribution in [0, 0.1) is 0 Å². The highest BCUT2D eigenvalue weighted by Crippen LogP contribution is 2.19. The zero-order chi connectivity index (χ0) is 17.8. The van der Waals surface area contributed by atoms with Crippen molar-refractivity contribution in [3.05, 3.63) is 54.2 Å². The second-order valence-electron chi connectivity index (χ2n) is 5.43. The van der Waals surface area contributed by atoms with Crippen molar-refractivity contribution >= 4 is 34.2 Å². The van der Waals surface area contributed by atoms with Gasteiger partial charge in [0.2, 0.25) is 5.91 Å². The number of amides is 1. The molecule has 7 heteroatoms. The number of hydrogen-bond donors (Lipinski definition) is 2. The van der Waals surface area contributed by atoms with Crippen molar-refractivity contribution in [2.24, 2.45) is 0 Å². The molecule has 0 saturated heterocycles. The number of nitrogen functional groups attached to an aromatic ring is 1. The highest BCUT2D eigenvalue weighted by atomic mass is 16.5. The number of carbonyl (C=O) groups excluding carboxylic acids is 2. The van der Waals surface area contributed by atoms with E-state index in [4.69, 9.17) is 10.5 Å². The van der Waals surface area contributed by atoms with E-state index in [2.05, 4.69) is 10.4 Å². The maximum atomic E-state index is 12.4. The fraction of sp³-hybridized carbons (Fsp3) is 0.167. The van der Waals surface area contributed by atoms with Crippen molar-refractivity contribution in [3.8, 4) is 0 Å². The standard InChI is InChI=1S/C18H18N4O3/c1-2-25-18(24)14-5-3-4-6-15(14)21-17(23)11-22-16-9-13(19)8-7-12(16)10-20-22/h3-10H,2,11,19H2,1H3,(H,21,23). The molecular formula is C18H18N4O3. The van der Waals surface area contributed by atoms with Crippen LogP contribution in [0.1, 0.15) is 17.3 Å². The third kappa shape index (κ3) is 3.60. The number of benzene rings is 2. The van der Waals surface area contributed by atoms with E-state index >= 15 is 0 Å². The number of nitrogens with zero attached hydrogens (tertiary/aromatic N) is 2. The lowest BCUT2D eigenvalue weighted by Gasteiger charge is -2.10. The van der Waals surface area contributed by atoms with Crippen molar-refractivity contribution in [3.63, 3.8) is 0 Å². The average molecular weight is 338 g/mol. The van der Waals surface area contributed by atoms with E-state index in [9.17, 15) is 9.59 Å². The van der Waals surface area contributed by atoms with Gasteiger partial charge in [-0.1, -0.05) is 12.1 Å². The van der Waals surface area contributed by atoms with Crippen LogP contribution >= 0.6 is 0 Å². The Labute approximate surface area is 144 Å².